The summed E-state index contributed by atoms with van der Waals surface area (Å²) in [7, 11) is 0. The standard InChI is InChI=1S/C5H12N2O.C2H6/c8-4-5-3-6-1-2-7-5;1-2/h5-8H,1-4H2;1-2H3. The molecule has 1 atom stereocenters. The molecule has 10 heavy (non-hydrogen) atoms. The topological polar surface area (TPSA) is 44.3 Å². The van der Waals surface area contributed by atoms with Gasteiger partial charge in [0.25, 0.3) is 0 Å². The van der Waals surface area contributed by atoms with Crippen molar-refractivity contribution in [1.82, 2.24) is 10.6 Å². The Bertz CT molecular complexity index is 62.6. The van der Waals surface area contributed by atoms with Crippen molar-refractivity contribution in [3.63, 3.8) is 0 Å². The lowest BCUT2D eigenvalue weighted by atomic mass is 10.2. The Hall–Kier alpha value is -0.120. The van der Waals surface area contributed by atoms with E-state index in [9.17, 15) is 0 Å². The van der Waals surface area contributed by atoms with Gasteiger partial charge in [0.2, 0.25) is 0 Å². The first-order chi connectivity index (χ1) is 4.93. The minimum Gasteiger partial charge on any atom is -0.395 e. The summed E-state index contributed by atoms with van der Waals surface area (Å²) >= 11 is 0. The fourth-order valence-corrected chi connectivity index (χ4v) is 0.842. The summed E-state index contributed by atoms with van der Waals surface area (Å²) in [6.07, 6.45) is 0. The first-order valence-electron chi connectivity index (χ1n) is 3.98. The van der Waals surface area contributed by atoms with Gasteiger partial charge in [0.1, 0.15) is 0 Å². The SMILES string of the molecule is CC.OCC1CNCCN1. The Morgan fingerprint density at radius 1 is 1.40 bits per heavy atom. The highest BCUT2D eigenvalue weighted by Gasteiger charge is 2.08. The van der Waals surface area contributed by atoms with Gasteiger partial charge in [-0.05, 0) is 0 Å². The zero-order chi connectivity index (χ0) is 7.82. The largest absolute Gasteiger partial charge is 0.395 e. The molecule has 62 valence electrons. The lowest BCUT2D eigenvalue weighted by Crippen LogP contribution is -2.49. The number of aliphatic hydroxyl groups is 1. The average Bonchev–Trinajstić information content (AvgIpc) is 2.10. The van der Waals surface area contributed by atoms with Crippen LogP contribution in [0.25, 0.3) is 0 Å². The predicted molar refractivity (Wildman–Crippen MR) is 43.1 cm³/mol. The zero-order valence-corrected chi connectivity index (χ0v) is 6.85. The van der Waals surface area contributed by atoms with Crippen molar-refractivity contribution in [2.24, 2.45) is 0 Å². The van der Waals surface area contributed by atoms with Crippen molar-refractivity contribution in [2.75, 3.05) is 26.2 Å². The predicted octanol–water partition coefficient (Wildman–Crippen LogP) is -0.434. The van der Waals surface area contributed by atoms with Gasteiger partial charge < -0.3 is 15.7 Å². The van der Waals surface area contributed by atoms with Gasteiger partial charge >= 0.3 is 0 Å². The molecular weight excluding hydrogens is 128 g/mol. The van der Waals surface area contributed by atoms with Crippen molar-refractivity contribution in [3.05, 3.63) is 0 Å². The molecule has 1 rings (SSSR count). The van der Waals surface area contributed by atoms with Crippen LogP contribution in [0.4, 0.5) is 0 Å². The minimum atomic E-state index is 0.243. The second-order valence-corrected chi connectivity index (χ2v) is 2.04. The molecule has 0 bridgehead atoms. The van der Waals surface area contributed by atoms with Gasteiger partial charge in [-0.25, -0.2) is 0 Å². The lowest BCUT2D eigenvalue weighted by molar-refractivity contribution is 0.227. The van der Waals surface area contributed by atoms with Crippen LogP contribution in [0.15, 0.2) is 0 Å². The third-order valence-corrected chi connectivity index (χ3v) is 1.35. The van der Waals surface area contributed by atoms with E-state index in [-0.39, 0.29) is 12.6 Å². The fourth-order valence-electron chi connectivity index (χ4n) is 0.842. The Kier molecular flexibility index (Phi) is 6.91. The van der Waals surface area contributed by atoms with Gasteiger partial charge in [-0.15, -0.1) is 0 Å². The highest BCUT2D eigenvalue weighted by Crippen LogP contribution is 1.82. The maximum atomic E-state index is 8.59. The van der Waals surface area contributed by atoms with Crippen LogP contribution in [0.5, 0.6) is 0 Å². The zero-order valence-electron chi connectivity index (χ0n) is 6.85. The molecule has 3 heteroatoms. The summed E-state index contributed by atoms with van der Waals surface area (Å²) in [6, 6.07) is 0.281. The minimum absolute atomic E-state index is 0.243. The number of hydrogen-bond donors (Lipinski definition) is 3. The van der Waals surface area contributed by atoms with Crippen molar-refractivity contribution >= 4 is 0 Å². The van der Waals surface area contributed by atoms with Crippen molar-refractivity contribution in [1.29, 1.82) is 0 Å². The summed E-state index contributed by atoms with van der Waals surface area (Å²) in [5.74, 6) is 0. The number of piperazine rings is 1. The summed E-state index contributed by atoms with van der Waals surface area (Å²) in [5.41, 5.74) is 0. The molecule has 1 fully saturated rings. The molecule has 0 saturated carbocycles. The normalized spacial score (nSPS) is 24.9. The van der Waals surface area contributed by atoms with Gasteiger partial charge in [0.15, 0.2) is 0 Å². The number of rotatable bonds is 1. The molecule has 1 aliphatic rings. The van der Waals surface area contributed by atoms with E-state index in [1.54, 1.807) is 0 Å². The Morgan fingerprint density at radius 3 is 2.40 bits per heavy atom. The van der Waals surface area contributed by atoms with Crippen LogP contribution in [0, 0.1) is 0 Å². The van der Waals surface area contributed by atoms with Crippen molar-refractivity contribution in [2.45, 2.75) is 19.9 Å². The van der Waals surface area contributed by atoms with Crippen molar-refractivity contribution in [3.8, 4) is 0 Å². The highest BCUT2D eigenvalue weighted by molar-refractivity contribution is 4.73. The molecule has 1 saturated heterocycles. The molecule has 0 aromatic rings. The molecule has 3 N–H and O–H groups in total. The van der Waals surface area contributed by atoms with E-state index >= 15 is 0 Å². The second kappa shape index (κ2) is 6.99. The lowest BCUT2D eigenvalue weighted by Gasteiger charge is -2.21. The molecule has 1 aliphatic heterocycles. The van der Waals surface area contributed by atoms with E-state index in [1.165, 1.54) is 0 Å². The van der Waals surface area contributed by atoms with Crippen LogP contribution in [-0.4, -0.2) is 37.4 Å². The molecule has 0 radical (unpaired) electrons. The van der Waals surface area contributed by atoms with E-state index in [1.807, 2.05) is 13.8 Å². The average molecular weight is 146 g/mol. The molecule has 0 amide bonds. The van der Waals surface area contributed by atoms with Crippen LogP contribution in [0.3, 0.4) is 0 Å². The first kappa shape index (κ1) is 9.88. The summed E-state index contributed by atoms with van der Waals surface area (Å²) in [6.45, 7) is 7.14. The van der Waals surface area contributed by atoms with Crippen LogP contribution in [-0.2, 0) is 0 Å². The number of nitrogens with one attached hydrogen (secondary N) is 2. The van der Waals surface area contributed by atoms with E-state index in [0.717, 1.165) is 19.6 Å². The third kappa shape index (κ3) is 3.82. The monoisotopic (exact) mass is 146 g/mol. The van der Waals surface area contributed by atoms with Crippen molar-refractivity contribution < 1.29 is 5.11 Å². The second-order valence-electron chi connectivity index (χ2n) is 2.04. The van der Waals surface area contributed by atoms with E-state index < -0.39 is 0 Å². The van der Waals surface area contributed by atoms with Crippen LogP contribution in [0.2, 0.25) is 0 Å². The molecule has 0 spiro atoms. The molecule has 1 heterocycles. The first-order valence-corrected chi connectivity index (χ1v) is 3.98. The fraction of sp³-hybridized carbons (Fsp3) is 1.00. The molecular formula is C7H18N2O. The maximum absolute atomic E-state index is 8.59. The molecule has 0 aromatic carbocycles. The molecule has 3 nitrogen and oxygen atoms in total. The van der Waals surface area contributed by atoms with E-state index in [2.05, 4.69) is 10.6 Å². The summed E-state index contributed by atoms with van der Waals surface area (Å²) in [5, 5.41) is 14.9. The van der Waals surface area contributed by atoms with E-state index in [0.29, 0.717) is 0 Å². The van der Waals surface area contributed by atoms with Crippen LogP contribution in [0.1, 0.15) is 13.8 Å². The molecule has 0 aromatic heterocycles. The quantitative estimate of drug-likeness (QED) is 0.470. The maximum Gasteiger partial charge on any atom is 0.0597 e. The summed E-state index contributed by atoms with van der Waals surface area (Å²) < 4.78 is 0. The molecule has 1 unspecified atom stereocenters. The van der Waals surface area contributed by atoms with Gasteiger partial charge in [0.05, 0.1) is 6.61 Å². The Labute approximate surface area is 62.8 Å². The Balaban J connectivity index is 0.000000371. The van der Waals surface area contributed by atoms with Gasteiger partial charge in [-0.3, -0.25) is 0 Å². The Morgan fingerprint density at radius 2 is 2.10 bits per heavy atom. The van der Waals surface area contributed by atoms with Gasteiger partial charge in [0, 0.05) is 25.7 Å². The van der Waals surface area contributed by atoms with Gasteiger partial charge in [-0.2, -0.15) is 0 Å². The van der Waals surface area contributed by atoms with Crippen LogP contribution < -0.4 is 10.6 Å². The number of aliphatic hydroxyl groups excluding tert-OH is 1. The smallest absolute Gasteiger partial charge is 0.0597 e. The summed E-state index contributed by atoms with van der Waals surface area (Å²) in [4.78, 5) is 0. The number of hydrogen-bond acceptors (Lipinski definition) is 3. The third-order valence-electron chi connectivity index (χ3n) is 1.35. The van der Waals surface area contributed by atoms with Crippen LogP contribution >= 0.6 is 0 Å². The molecule has 0 aliphatic carbocycles. The van der Waals surface area contributed by atoms with Gasteiger partial charge in [-0.1, -0.05) is 13.8 Å². The van der Waals surface area contributed by atoms with E-state index in [4.69, 9.17) is 5.11 Å². The highest BCUT2D eigenvalue weighted by atomic mass is 16.3.